The highest BCUT2D eigenvalue weighted by atomic mass is 16.3. The number of nitrogens with zero attached hydrogens (tertiary/aromatic N) is 5. The Morgan fingerprint density at radius 1 is 1.25 bits per heavy atom. The van der Waals surface area contributed by atoms with Crippen molar-refractivity contribution in [3.05, 3.63) is 17.5 Å². The fourth-order valence-electron chi connectivity index (χ4n) is 3.70. The predicted molar refractivity (Wildman–Crippen MR) is 91.7 cm³/mol. The molecule has 1 saturated heterocycles. The largest absolute Gasteiger partial charge is 0.390 e. The first kappa shape index (κ1) is 17.2. The molecule has 1 aromatic heterocycles. The van der Waals surface area contributed by atoms with Gasteiger partial charge in [0.05, 0.1) is 25.4 Å². The average Bonchev–Trinajstić information content (AvgIpc) is 2.97. The van der Waals surface area contributed by atoms with E-state index in [2.05, 4.69) is 10.00 Å². The maximum absolute atomic E-state index is 12.1. The number of piperidine rings is 1. The molecule has 134 valence electrons. The smallest absolute Gasteiger partial charge is 0.319 e. The summed E-state index contributed by atoms with van der Waals surface area (Å²) in [6, 6.07) is 0.0403. The van der Waals surface area contributed by atoms with Gasteiger partial charge in [0.2, 0.25) is 0 Å². The molecule has 0 unspecified atom stereocenters. The van der Waals surface area contributed by atoms with E-state index in [1.54, 1.807) is 19.0 Å². The van der Waals surface area contributed by atoms with Crippen LogP contribution in [0, 0.1) is 0 Å². The van der Waals surface area contributed by atoms with Gasteiger partial charge in [0.15, 0.2) is 0 Å². The van der Waals surface area contributed by atoms with Gasteiger partial charge in [0, 0.05) is 44.9 Å². The minimum Gasteiger partial charge on any atom is -0.390 e. The normalized spacial score (nSPS) is 19.9. The second kappa shape index (κ2) is 7.53. The number of hydrogen-bond donors (Lipinski definition) is 1. The highest BCUT2D eigenvalue weighted by Gasteiger charge is 2.25. The zero-order valence-electron chi connectivity index (χ0n) is 14.8. The van der Waals surface area contributed by atoms with Crippen LogP contribution in [0.1, 0.15) is 30.5 Å². The second-order valence-electron chi connectivity index (χ2n) is 7.16. The molecule has 1 aromatic rings. The van der Waals surface area contributed by atoms with E-state index in [0.717, 1.165) is 37.3 Å². The van der Waals surface area contributed by atoms with Crippen molar-refractivity contribution in [2.24, 2.45) is 0 Å². The van der Waals surface area contributed by atoms with Gasteiger partial charge < -0.3 is 19.8 Å². The third kappa shape index (κ3) is 3.89. The van der Waals surface area contributed by atoms with Gasteiger partial charge >= 0.3 is 6.03 Å². The third-order valence-electron chi connectivity index (χ3n) is 4.97. The van der Waals surface area contributed by atoms with Crippen molar-refractivity contribution in [2.75, 3.05) is 40.3 Å². The highest BCUT2D eigenvalue weighted by Crippen LogP contribution is 2.20. The maximum atomic E-state index is 12.1. The van der Waals surface area contributed by atoms with Crippen molar-refractivity contribution in [1.29, 1.82) is 0 Å². The van der Waals surface area contributed by atoms with Crippen LogP contribution >= 0.6 is 0 Å². The monoisotopic (exact) mass is 335 g/mol. The standard InChI is InChI=1S/C17H29N5O2/c1-19(2)17(24)21-9-6-16-14(11-21)10-18-22(16)13-15(23)12-20-7-4-3-5-8-20/h10,15,23H,3-9,11-13H2,1-2H3/t15-/m1/s1. The number of carbonyl (C=O) groups excluding carboxylic acids is 1. The number of fused-ring (bicyclic) bond motifs is 1. The Hall–Kier alpha value is -1.60. The lowest BCUT2D eigenvalue weighted by Crippen LogP contribution is -2.42. The van der Waals surface area contributed by atoms with Crippen molar-refractivity contribution in [3.63, 3.8) is 0 Å². The summed E-state index contributed by atoms with van der Waals surface area (Å²) >= 11 is 0. The van der Waals surface area contributed by atoms with Crippen molar-refractivity contribution in [1.82, 2.24) is 24.5 Å². The lowest BCUT2D eigenvalue weighted by molar-refractivity contribution is 0.0845. The molecule has 3 heterocycles. The number of β-amino-alcohol motifs (C(OH)–C–C–N with tert-alkyl or cyclic N) is 1. The van der Waals surface area contributed by atoms with Gasteiger partial charge in [0.1, 0.15) is 0 Å². The van der Waals surface area contributed by atoms with Gasteiger partial charge in [-0.3, -0.25) is 4.68 Å². The third-order valence-corrected chi connectivity index (χ3v) is 4.97. The summed E-state index contributed by atoms with van der Waals surface area (Å²) in [5.74, 6) is 0. The van der Waals surface area contributed by atoms with E-state index in [9.17, 15) is 9.90 Å². The Kier molecular flexibility index (Phi) is 5.40. The van der Waals surface area contributed by atoms with Gasteiger partial charge in [-0.1, -0.05) is 6.42 Å². The van der Waals surface area contributed by atoms with E-state index in [4.69, 9.17) is 0 Å². The number of aromatic nitrogens is 2. The molecule has 2 amide bonds. The summed E-state index contributed by atoms with van der Waals surface area (Å²) in [7, 11) is 3.55. The van der Waals surface area contributed by atoms with Crippen LogP contribution in [0.5, 0.6) is 0 Å². The molecule has 0 spiro atoms. The summed E-state index contributed by atoms with van der Waals surface area (Å²) in [4.78, 5) is 17.9. The number of aliphatic hydroxyl groups is 1. The van der Waals surface area contributed by atoms with Crippen LogP contribution in [0.25, 0.3) is 0 Å². The number of carbonyl (C=O) groups is 1. The first-order valence-electron chi connectivity index (χ1n) is 8.95. The summed E-state index contributed by atoms with van der Waals surface area (Å²) in [6.45, 7) is 4.76. The minimum atomic E-state index is -0.395. The highest BCUT2D eigenvalue weighted by molar-refractivity contribution is 5.74. The van der Waals surface area contributed by atoms with Crippen molar-refractivity contribution >= 4 is 6.03 Å². The molecule has 24 heavy (non-hydrogen) atoms. The van der Waals surface area contributed by atoms with E-state index < -0.39 is 6.10 Å². The van der Waals surface area contributed by atoms with Gasteiger partial charge in [-0.05, 0) is 25.9 Å². The van der Waals surface area contributed by atoms with Gasteiger partial charge in [-0.2, -0.15) is 5.10 Å². The first-order valence-corrected chi connectivity index (χ1v) is 8.95. The topological polar surface area (TPSA) is 64.8 Å². The minimum absolute atomic E-state index is 0.0403. The molecule has 0 bridgehead atoms. The lowest BCUT2D eigenvalue weighted by atomic mass is 10.1. The number of amides is 2. The summed E-state index contributed by atoms with van der Waals surface area (Å²) in [6.07, 6.45) is 6.03. The molecular formula is C17H29N5O2. The van der Waals surface area contributed by atoms with E-state index >= 15 is 0 Å². The summed E-state index contributed by atoms with van der Waals surface area (Å²) in [5, 5.41) is 14.9. The van der Waals surface area contributed by atoms with E-state index in [-0.39, 0.29) is 6.03 Å². The van der Waals surface area contributed by atoms with Crippen LogP contribution < -0.4 is 0 Å². The van der Waals surface area contributed by atoms with Crippen LogP contribution in [-0.4, -0.2) is 82.0 Å². The molecule has 3 rings (SSSR count). The molecule has 0 radical (unpaired) electrons. The Morgan fingerprint density at radius 3 is 2.71 bits per heavy atom. The SMILES string of the molecule is CN(C)C(=O)N1CCc2c(cnn2C[C@H](O)CN2CCCCC2)C1. The van der Waals surface area contributed by atoms with Crippen LogP contribution in [-0.2, 0) is 19.5 Å². The van der Waals surface area contributed by atoms with Gasteiger partial charge in [0.25, 0.3) is 0 Å². The Bertz CT molecular complexity index is 565. The van der Waals surface area contributed by atoms with E-state index in [1.807, 2.05) is 15.8 Å². The second-order valence-corrected chi connectivity index (χ2v) is 7.16. The molecule has 2 aliphatic rings. The number of aliphatic hydroxyl groups excluding tert-OH is 1. The molecular weight excluding hydrogens is 306 g/mol. The van der Waals surface area contributed by atoms with Crippen LogP contribution in [0.4, 0.5) is 4.79 Å². The number of rotatable bonds is 4. The zero-order chi connectivity index (χ0) is 17.1. The van der Waals surface area contributed by atoms with Gasteiger partial charge in [-0.25, -0.2) is 4.79 Å². The van der Waals surface area contributed by atoms with Gasteiger partial charge in [-0.15, -0.1) is 0 Å². The Labute approximate surface area is 143 Å². The number of hydrogen-bond acceptors (Lipinski definition) is 4. The molecule has 0 aromatic carbocycles. The molecule has 1 N–H and O–H groups in total. The van der Waals surface area contributed by atoms with Crippen molar-refractivity contribution in [2.45, 2.75) is 44.9 Å². The Balaban J connectivity index is 1.58. The molecule has 7 nitrogen and oxygen atoms in total. The maximum Gasteiger partial charge on any atom is 0.319 e. The fraction of sp³-hybridized carbons (Fsp3) is 0.765. The number of urea groups is 1. The molecule has 1 atom stereocenters. The summed E-state index contributed by atoms with van der Waals surface area (Å²) < 4.78 is 1.93. The summed E-state index contributed by atoms with van der Waals surface area (Å²) in [5.41, 5.74) is 2.26. The van der Waals surface area contributed by atoms with Crippen LogP contribution in [0.15, 0.2) is 6.20 Å². The van der Waals surface area contributed by atoms with Crippen molar-refractivity contribution in [3.8, 4) is 0 Å². The quantitative estimate of drug-likeness (QED) is 0.883. The van der Waals surface area contributed by atoms with Crippen LogP contribution in [0.2, 0.25) is 0 Å². The van der Waals surface area contributed by atoms with E-state index in [1.165, 1.54) is 19.3 Å². The molecule has 2 aliphatic heterocycles. The Morgan fingerprint density at radius 2 is 2.00 bits per heavy atom. The average molecular weight is 335 g/mol. The van der Waals surface area contributed by atoms with Crippen molar-refractivity contribution < 1.29 is 9.90 Å². The van der Waals surface area contributed by atoms with E-state index in [0.29, 0.717) is 19.6 Å². The molecule has 0 aliphatic carbocycles. The predicted octanol–water partition coefficient (Wildman–Crippen LogP) is 0.770. The lowest BCUT2D eigenvalue weighted by Gasteiger charge is -2.30. The zero-order valence-corrected chi connectivity index (χ0v) is 14.8. The molecule has 1 fully saturated rings. The van der Waals surface area contributed by atoms with Crippen LogP contribution in [0.3, 0.4) is 0 Å². The fourth-order valence-corrected chi connectivity index (χ4v) is 3.70. The first-order chi connectivity index (χ1) is 11.5. The molecule has 7 heteroatoms. The number of likely N-dealkylation sites (tertiary alicyclic amines) is 1. The molecule has 0 saturated carbocycles.